The van der Waals surface area contributed by atoms with Gasteiger partial charge in [-0.25, -0.2) is 9.97 Å². The van der Waals surface area contributed by atoms with Crippen molar-refractivity contribution >= 4 is 0 Å². The van der Waals surface area contributed by atoms with E-state index in [0.29, 0.717) is 5.88 Å². The molecule has 0 amide bonds. The summed E-state index contributed by atoms with van der Waals surface area (Å²) < 4.78 is 10.6. The first-order valence-corrected chi connectivity index (χ1v) is 5.80. The van der Waals surface area contributed by atoms with Crippen molar-refractivity contribution in [2.24, 2.45) is 0 Å². The molecule has 1 atom stereocenters. The number of hydrogen-bond acceptors (Lipinski definition) is 5. The zero-order valence-electron chi connectivity index (χ0n) is 10.8. The molecule has 0 spiro atoms. The van der Waals surface area contributed by atoms with E-state index in [4.69, 9.17) is 9.15 Å². The largest absolute Gasteiger partial charge is 0.481 e. The lowest BCUT2D eigenvalue weighted by atomic mass is 10.1. The number of aryl methyl sites for hydroxylation is 1. The predicted molar refractivity (Wildman–Crippen MR) is 67.5 cm³/mol. The van der Waals surface area contributed by atoms with Crippen LogP contribution < -0.4 is 10.1 Å². The maximum Gasteiger partial charge on any atom is 0.216 e. The lowest BCUT2D eigenvalue weighted by Gasteiger charge is -2.14. The van der Waals surface area contributed by atoms with Crippen LogP contribution in [0.15, 0.2) is 29.1 Å². The minimum atomic E-state index is 0.0969. The SMILES string of the molecule is CNC(Cc1cc(OC)ncn1)c1occc1C. The van der Waals surface area contributed by atoms with Crippen molar-refractivity contribution in [1.29, 1.82) is 0 Å². The average molecular weight is 247 g/mol. The van der Waals surface area contributed by atoms with E-state index >= 15 is 0 Å². The number of ether oxygens (including phenoxy) is 1. The molecule has 2 heterocycles. The molecule has 0 bridgehead atoms. The fourth-order valence-electron chi connectivity index (χ4n) is 1.88. The third kappa shape index (κ3) is 2.68. The highest BCUT2D eigenvalue weighted by Gasteiger charge is 2.16. The Morgan fingerprint density at radius 3 is 2.89 bits per heavy atom. The summed E-state index contributed by atoms with van der Waals surface area (Å²) in [5.41, 5.74) is 2.05. The Kier molecular flexibility index (Phi) is 3.94. The van der Waals surface area contributed by atoms with E-state index in [-0.39, 0.29) is 6.04 Å². The van der Waals surface area contributed by atoms with Crippen LogP contribution in [0.3, 0.4) is 0 Å². The molecule has 2 aromatic heterocycles. The predicted octanol–water partition coefficient (Wildman–Crippen LogP) is 1.89. The van der Waals surface area contributed by atoms with Gasteiger partial charge in [-0.15, -0.1) is 0 Å². The van der Waals surface area contributed by atoms with Gasteiger partial charge in [0.1, 0.15) is 12.1 Å². The molecule has 0 fully saturated rings. The Hall–Kier alpha value is -1.88. The van der Waals surface area contributed by atoms with Crippen LogP contribution in [0.2, 0.25) is 0 Å². The Morgan fingerprint density at radius 1 is 1.44 bits per heavy atom. The molecule has 5 nitrogen and oxygen atoms in total. The van der Waals surface area contributed by atoms with Crippen LogP contribution in [0.5, 0.6) is 5.88 Å². The quantitative estimate of drug-likeness (QED) is 0.874. The topological polar surface area (TPSA) is 60.2 Å². The molecule has 0 saturated carbocycles. The molecule has 18 heavy (non-hydrogen) atoms. The van der Waals surface area contributed by atoms with Crippen LogP contribution >= 0.6 is 0 Å². The summed E-state index contributed by atoms with van der Waals surface area (Å²) in [6, 6.07) is 3.89. The summed E-state index contributed by atoms with van der Waals surface area (Å²) in [4.78, 5) is 8.24. The van der Waals surface area contributed by atoms with Crippen LogP contribution in [-0.4, -0.2) is 24.1 Å². The molecule has 96 valence electrons. The van der Waals surface area contributed by atoms with E-state index in [1.165, 1.54) is 6.33 Å². The van der Waals surface area contributed by atoms with Gasteiger partial charge in [-0.1, -0.05) is 0 Å². The van der Waals surface area contributed by atoms with Crippen molar-refractivity contribution in [1.82, 2.24) is 15.3 Å². The Balaban J connectivity index is 2.18. The van der Waals surface area contributed by atoms with Crippen molar-refractivity contribution in [2.45, 2.75) is 19.4 Å². The lowest BCUT2D eigenvalue weighted by molar-refractivity contribution is 0.393. The van der Waals surface area contributed by atoms with Crippen molar-refractivity contribution in [3.63, 3.8) is 0 Å². The average Bonchev–Trinajstić information content (AvgIpc) is 2.82. The molecule has 1 unspecified atom stereocenters. The van der Waals surface area contributed by atoms with Gasteiger partial charge < -0.3 is 14.5 Å². The summed E-state index contributed by atoms with van der Waals surface area (Å²) in [7, 11) is 3.50. The molecule has 2 rings (SSSR count). The zero-order chi connectivity index (χ0) is 13.0. The number of likely N-dealkylation sites (N-methyl/N-ethyl adjacent to an activating group) is 1. The highest BCUT2D eigenvalue weighted by atomic mass is 16.5. The van der Waals surface area contributed by atoms with Gasteiger partial charge in [-0.3, -0.25) is 0 Å². The molecular weight excluding hydrogens is 230 g/mol. The van der Waals surface area contributed by atoms with Gasteiger partial charge >= 0.3 is 0 Å². The number of methoxy groups -OCH3 is 1. The fraction of sp³-hybridized carbons (Fsp3) is 0.385. The second kappa shape index (κ2) is 5.64. The van der Waals surface area contributed by atoms with Crippen LogP contribution in [-0.2, 0) is 6.42 Å². The van der Waals surface area contributed by atoms with Gasteiger partial charge in [0.15, 0.2) is 0 Å². The molecule has 0 aromatic carbocycles. The van der Waals surface area contributed by atoms with E-state index in [1.807, 2.05) is 26.1 Å². The molecule has 2 aromatic rings. The van der Waals surface area contributed by atoms with E-state index < -0.39 is 0 Å². The standard InChI is InChI=1S/C13H17N3O2/c1-9-4-5-18-13(9)11(14-2)6-10-7-12(17-3)16-8-15-10/h4-5,7-8,11,14H,6H2,1-3H3. The lowest BCUT2D eigenvalue weighted by Crippen LogP contribution is -2.19. The van der Waals surface area contributed by atoms with Crippen molar-refractivity contribution in [3.8, 4) is 5.88 Å². The van der Waals surface area contributed by atoms with E-state index in [9.17, 15) is 0 Å². The number of aromatic nitrogens is 2. The maximum absolute atomic E-state index is 5.51. The summed E-state index contributed by atoms with van der Waals surface area (Å²) in [6.45, 7) is 2.03. The van der Waals surface area contributed by atoms with Crippen molar-refractivity contribution < 1.29 is 9.15 Å². The number of rotatable bonds is 5. The third-order valence-corrected chi connectivity index (χ3v) is 2.89. The minimum absolute atomic E-state index is 0.0969. The molecule has 0 saturated heterocycles. The first kappa shape index (κ1) is 12.6. The number of nitrogens with one attached hydrogen (secondary N) is 1. The fourth-order valence-corrected chi connectivity index (χ4v) is 1.88. The highest BCUT2D eigenvalue weighted by Crippen LogP contribution is 2.22. The molecule has 0 aliphatic heterocycles. The van der Waals surface area contributed by atoms with Gasteiger partial charge in [-0.2, -0.15) is 0 Å². The molecule has 0 radical (unpaired) electrons. The maximum atomic E-state index is 5.51. The van der Waals surface area contributed by atoms with Crippen molar-refractivity contribution in [3.05, 3.63) is 41.7 Å². The second-order valence-corrected chi connectivity index (χ2v) is 4.06. The summed E-state index contributed by atoms with van der Waals surface area (Å²) >= 11 is 0. The molecule has 5 heteroatoms. The summed E-state index contributed by atoms with van der Waals surface area (Å²) in [5, 5.41) is 3.24. The molecule has 1 N–H and O–H groups in total. The van der Waals surface area contributed by atoms with Gasteiger partial charge in [0.2, 0.25) is 5.88 Å². The smallest absolute Gasteiger partial charge is 0.216 e. The van der Waals surface area contributed by atoms with Crippen molar-refractivity contribution in [2.75, 3.05) is 14.2 Å². The van der Waals surface area contributed by atoms with E-state index in [0.717, 1.165) is 23.4 Å². The Morgan fingerprint density at radius 2 is 2.28 bits per heavy atom. The van der Waals surface area contributed by atoms with E-state index in [1.54, 1.807) is 13.4 Å². The number of furan rings is 1. The minimum Gasteiger partial charge on any atom is -0.481 e. The zero-order valence-corrected chi connectivity index (χ0v) is 10.8. The first-order chi connectivity index (χ1) is 8.74. The monoisotopic (exact) mass is 247 g/mol. The van der Waals surface area contributed by atoms with E-state index in [2.05, 4.69) is 15.3 Å². The van der Waals surface area contributed by atoms with Crippen LogP contribution in [0, 0.1) is 6.92 Å². The highest BCUT2D eigenvalue weighted by molar-refractivity contribution is 5.21. The van der Waals surface area contributed by atoms with Crippen LogP contribution in [0.4, 0.5) is 0 Å². The molecule has 0 aliphatic rings. The first-order valence-electron chi connectivity index (χ1n) is 5.80. The number of nitrogens with zero attached hydrogens (tertiary/aromatic N) is 2. The number of hydrogen-bond donors (Lipinski definition) is 1. The van der Waals surface area contributed by atoms with Crippen LogP contribution in [0.1, 0.15) is 23.1 Å². The van der Waals surface area contributed by atoms with Gasteiger partial charge in [0.05, 0.1) is 19.4 Å². The normalized spacial score (nSPS) is 12.4. The summed E-state index contributed by atoms with van der Waals surface area (Å²) in [5.74, 6) is 1.51. The second-order valence-electron chi connectivity index (χ2n) is 4.06. The third-order valence-electron chi connectivity index (χ3n) is 2.89. The van der Waals surface area contributed by atoms with Crippen LogP contribution in [0.25, 0.3) is 0 Å². The Labute approximate surface area is 106 Å². The van der Waals surface area contributed by atoms with Gasteiger partial charge in [0, 0.05) is 18.2 Å². The summed E-state index contributed by atoms with van der Waals surface area (Å²) in [6.07, 6.45) is 3.94. The molecular formula is C13H17N3O2. The molecule has 0 aliphatic carbocycles. The van der Waals surface area contributed by atoms with Gasteiger partial charge in [-0.05, 0) is 25.6 Å². The van der Waals surface area contributed by atoms with Gasteiger partial charge in [0.25, 0.3) is 0 Å². The Bertz CT molecular complexity index is 510.